The van der Waals surface area contributed by atoms with Gasteiger partial charge in [-0.1, -0.05) is 29.4 Å². The van der Waals surface area contributed by atoms with Crippen LogP contribution in [0.3, 0.4) is 0 Å². The first-order chi connectivity index (χ1) is 8.15. The Kier molecular flexibility index (Phi) is 4.20. The van der Waals surface area contributed by atoms with E-state index in [9.17, 15) is 0 Å². The molecule has 0 aliphatic carbocycles. The highest BCUT2D eigenvalue weighted by molar-refractivity contribution is 8.14. The van der Waals surface area contributed by atoms with Gasteiger partial charge in [0, 0.05) is 25.0 Å². The van der Waals surface area contributed by atoms with Crippen LogP contribution in [-0.2, 0) is 6.54 Å². The van der Waals surface area contributed by atoms with Gasteiger partial charge in [0.2, 0.25) is 0 Å². The molecule has 0 atom stereocenters. The van der Waals surface area contributed by atoms with E-state index in [0.29, 0.717) is 5.15 Å². The van der Waals surface area contributed by atoms with Crippen molar-refractivity contribution in [2.24, 2.45) is 10.7 Å². The summed E-state index contributed by atoms with van der Waals surface area (Å²) in [5.41, 5.74) is 6.51. The van der Waals surface area contributed by atoms with Gasteiger partial charge in [-0.05, 0) is 23.8 Å². The fourth-order valence-electron chi connectivity index (χ4n) is 1.50. The lowest BCUT2D eigenvalue weighted by atomic mass is 10.3. The van der Waals surface area contributed by atoms with E-state index in [-0.39, 0.29) is 5.11 Å². The molecule has 1 aliphatic rings. The van der Waals surface area contributed by atoms with Gasteiger partial charge in [-0.25, -0.2) is 4.98 Å². The summed E-state index contributed by atoms with van der Waals surface area (Å²) in [6.07, 6.45) is 1.77. The maximum Gasteiger partial charge on any atom is 0.192 e. The second-order valence-electron chi connectivity index (χ2n) is 3.49. The van der Waals surface area contributed by atoms with Crippen molar-refractivity contribution in [1.82, 2.24) is 9.88 Å². The molecule has 1 fully saturated rings. The van der Waals surface area contributed by atoms with Crippen molar-refractivity contribution in [1.29, 1.82) is 0 Å². The van der Waals surface area contributed by atoms with Gasteiger partial charge in [0.25, 0.3) is 0 Å². The molecule has 7 heteroatoms. The molecule has 0 amide bonds. The van der Waals surface area contributed by atoms with Crippen molar-refractivity contribution in [3.05, 3.63) is 29.0 Å². The number of nitrogens with two attached hydrogens (primary N) is 1. The van der Waals surface area contributed by atoms with Gasteiger partial charge in [0.05, 0.1) is 0 Å². The Bertz CT molecular complexity index is 446. The van der Waals surface area contributed by atoms with Gasteiger partial charge in [0.15, 0.2) is 10.3 Å². The maximum atomic E-state index is 5.74. The van der Waals surface area contributed by atoms with E-state index in [0.717, 1.165) is 29.6 Å². The fourth-order valence-corrected chi connectivity index (χ4v) is 2.75. The average molecular weight is 287 g/mol. The number of rotatable bonds is 2. The number of aromatic nitrogens is 1. The molecule has 0 unspecified atom stereocenters. The minimum absolute atomic E-state index is 0.175. The number of nitrogens with zero attached hydrogens (tertiary/aromatic N) is 3. The van der Waals surface area contributed by atoms with Crippen LogP contribution in [0.2, 0.25) is 5.15 Å². The molecule has 1 aromatic rings. The zero-order valence-electron chi connectivity index (χ0n) is 8.97. The number of hydrogen-bond acceptors (Lipinski definition) is 3. The third kappa shape index (κ3) is 3.55. The van der Waals surface area contributed by atoms with Gasteiger partial charge >= 0.3 is 0 Å². The van der Waals surface area contributed by atoms with Gasteiger partial charge in [-0.15, -0.1) is 0 Å². The molecule has 90 valence electrons. The Balaban J connectivity index is 2.07. The monoisotopic (exact) mass is 286 g/mol. The van der Waals surface area contributed by atoms with E-state index < -0.39 is 0 Å². The lowest BCUT2D eigenvalue weighted by Gasteiger charge is -2.17. The third-order valence-corrected chi connectivity index (χ3v) is 3.54. The summed E-state index contributed by atoms with van der Waals surface area (Å²) in [5, 5.41) is 1.56. The van der Waals surface area contributed by atoms with E-state index in [1.54, 1.807) is 24.0 Å². The molecule has 0 radical (unpaired) electrons. The molecule has 17 heavy (non-hydrogen) atoms. The molecule has 0 saturated carbocycles. The first-order valence-electron chi connectivity index (χ1n) is 5.01. The molecule has 0 aromatic carbocycles. The predicted molar refractivity (Wildman–Crippen MR) is 76.3 cm³/mol. The number of halogens is 1. The van der Waals surface area contributed by atoms with Crippen molar-refractivity contribution in [3.8, 4) is 0 Å². The highest BCUT2D eigenvalue weighted by atomic mass is 35.5. The molecule has 2 heterocycles. The number of thiocarbonyl (C=S) groups is 1. The summed E-state index contributed by atoms with van der Waals surface area (Å²) < 4.78 is 0. The highest BCUT2D eigenvalue weighted by Gasteiger charge is 2.19. The van der Waals surface area contributed by atoms with Crippen molar-refractivity contribution in [2.45, 2.75) is 6.54 Å². The minimum atomic E-state index is 0.175. The van der Waals surface area contributed by atoms with Gasteiger partial charge < -0.3 is 10.6 Å². The lowest BCUT2D eigenvalue weighted by molar-refractivity contribution is 0.457. The smallest absolute Gasteiger partial charge is 0.192 e. The van der Waals surface area contributed by atoms with E-state index in [1.165, 1.54) is 0 Å². The fraction of sp³-hybridized carbons (Fsp3) is 0.300. The first kappa shape index (κ1) is 12.6. The van der Waals surface area contributed by atoms with Crippen LogP contribution in [0.1, 0.15) is 5.56 Å². The first-order valence-corrected chi connectivity index (χ1v) is 6.78. The van der Waals surface area contributed by atoms with Gasteiger partial charge in [0.1, 0.15) is 5.15 Å². The topological polar surface area (TPSA) is 54.5 Å². The Morgan fingerprint density at radius 2 is 2.47 bits per heavy atom. The summed E-state index contributed by atoms with van der Waals surface area (Å²) in [6, 6.07) is 3.74. The maximum absolute atomic E-state index is 5.74. The standard InChI is InChI=1S/C10H11ClN4S2/c11-8-2-1-7(5-13-8)6-15-3-4-17-10(15)14-9(12)16/h1-2,5H,3-4,6H2,(H2,12,16). The quantitative estimate of drug-likeness (QED) is 0.665. The number of amidine groups is 1. The summed E-state index contributed by atoms with van der Waals surface area (Å²) in [4.78, 5) is 10.3. The zero-order chi connectivity index (χ0) is 12.3. The van der Waals surface area contributed by atoms with Crippen LogP contribution in [0, 0.1) is 0 Å². The average Bonchev–Trinajstić information content (AvgIpc) is 2.68. The molecule has 1 saturated heterocycles. The normalized spacial score (nSPS) is 17.7. The van der Waals surface area contributed by atoms with Crippen LogP contribution in [-0.4, -0.2) is 32.5 Å². The number of hydrogen-bond donors (Lipinski definition) is 1. The molecule has 1 aromatic heterocycles. The number of pyridine rings is 1. The van der Waals surface area contributed by atoms with Crippen LogP contribution in [0.4, 0.5) is 0 Å². The summed E-state index contributed by atoms with van der Waals surface area (Å²) in [5.74, 6) is 1.00. The summed E-state index contributed by atoms with van der Waals surface area (Å²) in [6.45, 7) is 1.69. The third-order valence-electron chi connectivity index (χ3n) is 2.23. The molecule has 2 N–H and O–H groups in total. The highest BCUT2D eigenvalue weighted by Crippen LogP contribution is 2.20. The van der Waals surface area contributed by atoms with Crippen molar-refractivity contribution in [2.75, 3.05) is 12.3 Å². The molecular formula is C10H11ClN4S2. The second-order valence-corrected chi connectivity index (χ2v) is 5.36. The van der Waals surface area contributed by atoms with Crippen molar-refractivity contribution >= 4 is 45.9 Å². The number of thioether (sulfide) groups is 1. The molecule has 2 rings (SSSR count). The number of aliphatic imine (C=N–C) groups is 1. The predicted octanol–water partition coefficient (Wildman–Crippen LogP) is 1.88. The Morgan fingerprint density at radius 1 is 1.65 bits per heavy atom. The molecule has 4 nitrogen and oxygen atoms in total. The Labute approximate surface area is 114 Å². The van der Waals surface area contributed by atoms with Crippen molar-refractivity contribution in [3.63, 3.8) is 0 Å². The second kappa shape index (κ2) is 5.66. The van der Waals surface area contributed by atoms with Crippen molar-refractivity contribution < 1.29 is 0 Å². The summed E-state index contributed by atoms with van der Waals surface area (Å²) in [7, 11) is 0. The van der Waals surface area contributed by atoms with E-state index in [4.69, 9.17) is 29.6 Å². The zero-order valence-corrected chi connectivity index (χ0v) is 11.4. The molecule has 0 spiro atoms. The van der Waals surface area contributed by atoms with E-state index >= 15 is 0 Å². The lowest BCUT2D eigenvalue weighted by Crippen LogP contribution is -2.25. The largest absolute Gasteiger partial charge is 0.374 e. The minimum Gasteiger partial charge on any atom is -0.374 e. The van der Waals surface area contributed by atoms with Crippen LogP contribution in [0.5, 0.6) is 0 Å². The SMILES string of the molecule is NC(=S)N=C1SCCN1Cc1ccc(Cl)nc1. The Hall–Kier alpha value is -0.850. The van der Waals surface area contributed by atoms with E-state index in [1.807, 2.05) is 6.07 Å². The van der Waals surface area contributed by atoms with Crippen LogP contribution in [0.15, 0.2) is 23.3 Å². The van der Waals surface area contributed by atoms with Crippen LogP contribution < -0.4 is 5.73 Å². The molecule has 1 aliphatic heterocycles. The molecular weight excluding hydrogens is 276 g/mol. The summed E-state index contributed by atoms with van der Waals surface area (Å²) >= 11 is 12.2. The molecule has 0 bridgehead atoms. The van der Waals surface area contributed by atoms with Gasteiger partial charge in [-0.3, -0.25) is 0 Å². The van der Waals surface area contributed by atoms with E-state index in [2.05, 4.69) is 14.9 Å². The van der Waals surface area contributed by atoms with Crippen LogP contribution in [0.25, 0.3) is 0 Å². The Morgan fingerprint density at radius 3 is 3.12 bits per heavy atom. The van der Waals surface area contributed by atoms with Crippen LogP contribution >= 0.6 is 35.6 Å². The van der Waals surface area contributed by atoms with Gasteiger partial charge in [-0.2, -0.15) is 4.99 Å².